The van der Waals surface area contributed by atoms with Crippen LogP contribution in [0.4, 0.5) is 4.39 Å². The number of likely N-dealkylation sites (tertiary alicyclic amines) is 1. The fraction of sp³-hybridized carbons (Fsp3) is 0.556. The summed E-state index contributed by atoms with van der Waals surface area (Å²) in [6.45, 7) is 1.15. The molecule has 0 aliphatic carbocycles. The highest BCUT2D eigenvalue weighted by molar-refractivity contribution is 5.82. The molecule has 1 aromatic carbocycles. The van der Waals surface area contributed by atoms with Crippen molar-refractivity contribution in [2.24, 2.45) is 0 Å². The molecule has 2 saturated heterocycles. The molecule has 0 aromatic heterocycles. The summed E-state index contributed by atoms with van der Waals surface area (Å²) < 4.78 is 24.5. The summed E-state index contributed by atoms with van der Waals surface area (Å²) in [5, 5.41) is 9.65. The largest absolute Gasteiger partial charge is 0.478 e. The van der Waals surface area contributed by atoms with Crippen LogP contribution >= 0.6 is 0 Å². The summed E-state index contributed by atoms with van der Waals surface area (Å²) in [4.78, 5) is 25.9. The van der Waals surface area contributed by atoms with Gasteiger partial charge in [0, 0.05) is 38.6 Å². The molecular weight excluding hydrogens is 329 g/mol. The van der Waals surface area contributed by atoms with E-state index in [1.54, 1.807) is 4.90 Å². The lowest BCUT2D eigenvalue weighted by Gasteiger charge is -2.40. The lowest BCUT2D eigenvalue weighted by atomic mass is 9.90. The second-order valence-corrected chi connectivity index (χ2v) is 6.54. The number of halogens is 1. The molecule has 0 bridgehead atoms. The SMILES string of the molecule is O=C([C@H]1CCCCO1)N1CCC(Oc2cccc(F)c2)(C(=O)O)CC1. The maximum atomic E-state index is 13.3. The van der Waals surface area contributed by atoms with Gasteiger partial charge in [0.25, 0.3) is 5.91 Å². The molecule has 136 valence electrons. The molecule has 2 aliphatic heterocycles. The number of carboxylic acid groups (broad SMARTS) is 1. The molecule has 7 heteroatoms. The summed E-state index contributed by atoms with van der Waals surface area (Å²) in [7, 11) is 0. The highest BCUT2D eigenvalue weighted by Crippen LogP contribution is 2.30. The Bertz CT molecular complexity index is 636. The second-order valence-electron chi connectivity index (χ2n) is 6.54. The van der Waals surface area contributed by atoms with E-state index in [0.717, 1.165) is 18.9 Å². The number of amides is 1. The summed E-state index contributed by atoms with van der Waals surface area (Å²) >= 11 is 0. The average Bonchev–Trinajstić information content (AvgIpc) is 2.62. The molecule has 25 heavy (non-hydrogen) atoms. The number of rotatable bonds is 4. The zero-order valence-corrected chi connectivity index (χ0v) is 13.9. The van der Waals surface area contributed by atoms with Gasteiger partial charge in [0.2, 0.25) is 5.60 Å². The number of benzene rings is 1. The van der Waals surface area contributed by atoms with Crippen molar-refractivity contribution in [1.82, 2.24) is 4.90 Å². The summed E-state index contributed by atoms with van der Waals surface area (Å²) in [5.41, 5.74) is -1.45. The van der Waals surface area contributed by atoms with E-state index in [2.05, 4.69) is 0 Å². The van der Waals surface area contributed by atoms with Gasteiger partial charge in [-0.15, -0.1) is 0 Å². The number of carbonyl (C=O) groups is 2. The fourth-order valence-electron chi connectivity index (χ4n) is 3.34. The van der Waals surface area contributed by atoms with Crippen molar-refractivity contribution in [3.05, 3.63) is 30.1 Å². The number of aliphatic carboxylic acids is 1. The molecule has 1 atom stereocenters. The van der Waals surface area contributed by atoms with Crippen LogP contribution in [0.1, 0.15) is 32.1 Å². The highest BCUT2D eigenvalue weighted by Gasteiger charge is 2.45. The normalized spacial score (nSPS) is 23.1. The third kappa shape index (κ3) is 3.92. The Kier molecular flexibility index (Phi) is 5.22. The van der Waals surface area contributed by atoms with Crippen LogP contribution in [0.2, 0.25) is 0 Å². The molecule has 0 radical (unpaired) electrons. The molecule has 2 fully saturated rings. The van der Waals surface area contributed by atoms with Crippen LogP contribution in [0.3, 0.4) is 0 Å². The Morgan fingerprint density at radius 2 is 2.04 bits per heavy atom. The molecule has 3 rings (SSSR count). The van der Waals surface area contributed by atoms with Gasteiger partial charge in [0.15, 0.2) is 0 Å². The van der Waals surface area contributed by atoms with E-state index in [0.29, 0.717) is 13.0 Å². The smallest absolute Gasteiger partial charge is 0.348 e. The first-order chi connectivity index (χ1) is 12.0. The Labute approximate surface area is 145 Å². The first kappa shape index (κ1) is 17.7. The van der Waals surface area contributed by atoms with Crippen molar-refractivity contribution in [2.45, 2.75) is 43.8 Å². The first-order valence-corrected chi connectivity index (χ1v) is 8.58. The van der Waals surface area contributed by atoms with Crippen LogP contribution in [0.5, 0.6) is 5.75 Å². The van der Waals surface area contributed by atoms with Crippen molar-refractivity contribution >= 4 is 11.9 Å². The average molecular weight is 351 g/mol. The van der Waals surface area contributed by atoms with Crippen LogP contribution in [0.15, 0.2) is 24.3 Å². The molecular formula is C18H22FNO5. The van der Waals surface area contributed by atoms with Crippen LogP contribution in [-0.4, -0.2) is 53.3 Å². The Morgan fingerprint density at radius 3 is 2.64 bits per heavy atom. The van der Waals surface area contributed by atoms with E-state index in [9.17, 15) is 19.1 Å². The molecule has 0 spiro atoms. The van der Waals surface area contributed by atoms with Crippen molar-refractivity contribution < 1.29 is 28.6 Å². The Hall–Kier alpha value is -2.15. The summed E-state index contributed by atoms with van der Waals surface area (Å²) in [6, 6.07) is 5.43. The number of hydrogen-bond donors (Lipinski definition) is 1. The van der Waals surface area contributed by atoms with E-state index < -0.39 is 23.5 Å². The van der Waals surface area contributed by atoms with Gasteiger partial charge in [-0.1, -0.05) is 6.07 Å². The standard InChI is InChI=1S/C18H22FNO5/c19-13-4-3-5-14(12-13)25-18(17(22)23)7-9-20(10-8-18)16(21)15-6-1-2-11-24-15/h3-5,12,15H,1-2,6-11H2,(H,22,23)/t15-/m1/s1. The summed E-state index contributed by atoms with van der Waals surface area (Å²) in [5.74, 6) is -1.49. The van der Waals surface area contributed by atoms with Gasteiger partial charge >= 0.3 is 5.97 Å². The second kappa shape index (κ2) is 7.39. The Balaban J connectivity index is 1.66. The number of carboxylic acids is 1. The molecule has 0 unspecified atom stereocenters. The molecule has 6 nitrogen and oxygen atoms in total. The van der Waals surface area contributed by atoms with Gasteiger partial charge in [0.05, 0.1) is 0 Å². The third-order valence-corrected chi connectivity index (χ3v) is 4.84. The van der Waals surface area contributed by atoms with Gasteiger partial charge in [-0.05, 0) is 31.4 Å². The number of ether oxygens (including phenoxy) is 2. The monoisotopic (exact) mass is 351 g/mol. The molecule has 0 saturated carbocycles. The minimum absolute atomic E-state index is 0.0792. The molecule has 1 aromatic rings. The predicted octanol–water partition coefficient (Wildman–Crippen LogP) is 2.22. The van der Waals surface area contributed by atoms with Crippen LogP contribution < -0.4 is 4.74 Å². The first-order valence-electron chi connectivity index (χ1n) is 8.58. The quantitative estimate of drug-likeness (QED) is 0.900. The topological polar surface area (TPSA) is 76.1 Å². The molecule has 2 aliphatic rings. The van der Waals surface area contributed by atoms with Gasteiger partial charge in [-0.3, -0.25) is 4.79 Å². The molecule has 1 amide bonds. The van der Waals surface area contributed by atoms with E-state index in [1.165, 1.54) is 18.2 Å². The van der Waals surface area contributed by atoms with Crippen LogP contribution in [0, 0.1) is 5.82 Å². The fourth-order valence-corrected chi connectivity index (χ4v) is 3.34. The zero-order chi connectivity index (χ0) is 17.9. The number of hydrogen-bond acceptors (Lipinski definition) is 4. The molecule has 1 N–H and O–H groups in total. The number of carbonyl (C=O) groups excluding carboxylic acids is 1. The van der Waals surface area contributed by atoms with Crippen molar-refractivity contribution in [1.29, 1.82) is 0 Å². The van der Waals surface area contributed by atoms with Crippen molar-refractivity contribution in [3.8, 4) is 5.75 Å². The Morgan fingerprint density at radius 1 is 1.28 bits per heavy atom. The van der Waals surface area contributed by atoms with E-state index in [1.807, 2.05) is 0 Å². The van der Waals surface area contributed by atoms with E-state index >= 15 is 0 Å². The maximum absolute atomic E-state index is 13.3. The predicted molar refractivity (Wildman–Crippen MR) is 86.8 cm³/mol. The highest BCUT2D eigenvalue weighted by atomic mass is 19.1. The van der Waals surface area contributed by atoms with Gasteiger partial charge in [-0.25, -0.2) is 9.18 Å². The zero-order valence-electron chi connectivity index (χ0n) is 13.9. The van der Waals surface area contributed by atoms with Gasteiger partial charge in [0.1, 0.15) is 17.7 Å². The lowest BCUT2D eigenvalue weighted by Crippen LogP contribution is -2.56. The van der Waals surface area contributed by atoms with Gasteiger partial charge < -0.3 is 19.5 Å². The molecule has 2 heterocycles. The summed E-state index contributed by atoms with van der Waals surface area (Å²) in [6.07, 6.45) is 2.52. The minimum Gasteiger partial charge on any atom is -0.478 e. The van der Waals surface area contributed by atoms with Crippen molar-refractivity contribution in [3.63, 3.8) is 0 Å². The number of piperidine rings is 1. The van der Waals surface area contributed by atoms with E-state index in [4.69, 9.17) is 9.47 Å². The van der Waals surface area contributed by atoms with Gasteiger partial charge in [-0.2, -0.15) is 0 Å². The third-order valence-electron chi connectivity index (χ3n) is 4.84. The van der Waals surface area contributed by atoms with Crippen molar-refractivity contribution in [2.75, 3.05) is 19.7 Å². The maximum Gasteiger partial charge on any atom is 0.348 e. The van der Waals surface area contributed by atoms with E-state index in [-0.39, 0.29) is 37.6 Å². The van der Waals surface area contributed by atoms with Crippen LogP contribution in [-0.2, 0) is 14.3 Å². The lowest BCUT2D eigenvalue weighted by molar-refractivity contribution is -0.164. The minimum atomic E-state index is -1.45. The van der Waals surface area contributed by atoms with Crippen LogP contribution in [0.25, 0.3) is 0 Å². The number of nitrogens with zero attached hydrogens (tertiary/aromatic N) is 1.